The Kier molecular flexibility index (Phi) is 4.17. The molecule has 7 nitrogen and oxygen atoms in total. The zero-order chi connectivity index (χ0) is 14.9. The van der Waals surface area contributed by atoms with Gasteiger partial charge in [0.2, 0.25) is 15.8 Å². The molecule has 0 saturated heterocycles. The van der Waals surface area contributed by atoms with Crippen LogP contribution in [0.1, 0.15) is 25.7 Å². The first-order valence-electron chi connectivity index (χ1n) is 6.01. The second-order valence-corrected chi connectivity index (χ2v) is 6.66. The van der Waals surface area contributed by atoms with Gasteiger partial charge in [0.15, 0.2) is 0 Å². The topological polar surface area (TPSA) is 110 Å². The molecule has 0 unspecified atom stereocenters. The van der Waals surface area contributed by atoms with Crippen LogP contribution in [0.4, 0.5) is 5.69 Å². The highest BCUT2D eigenvalue weighted by atomic mass is 35.5. The van der Waals surface area contributed by atoms with Gasteiger partial charge >= 0.3 is 5.69 Å². The van der Waals surface area contributed by atoms with Gasteiger partial charge in [0, 0.05) is 12.1 Å². The van der Waals surface area contributed by atoms with Gasteiger partial charge in [-0.2, -0.15) is 0 Å². The summed E-state index contributed by atoms with van der Waals surface area (Å²) in [6, 6.07) is 1.82. The predicted octanol–water partition coefficient (Wildman–Crippen LogP) is 2.17. The summed E-state index contributed by atoms with van der Waals surface area (Å²) in [6.45, 7) is 0. The second-order valence-electron chi connectivity index (χ2n) is 4.60. The molecule has 0 aromatic heterocycles. The zero-order valence-electron chi connectivity index (χ0n) is 10.4. The van der Waals surface area contributed by atoms with Crippen molar-refractivity contribution >= 4 is 27.3 Å². The molecule has 0 atom stereocenters. The first kappa shape index (κ1) is 15.0. The molecule has 2 rings (SSSR count). The van der Waals surface area contributed by atoms with Crippen molar-refractivity contribution in [3.8, 4) is 5.75 Å². The Morgan fingerprint density at radius 2 is 1.95 bits per heavy atom. The molecular formula is C11H13ClN2O5S. The quantitative estimate of drug-likeness (QED) is 0.652. The highest BCUT2D eigenvalue weighted by molar-refractivity contribution is 7.89. The van der Waals surface area contributed by atoms with Crippen LogP contribution in [0.5, 0.6) is 5.75 Å². The van der Waals surface area contributed by atoms with Gasteiger partial charge in [0.05, 0.1) is 9.95 Å². The maximum atomic E-state index is 12.2. The van der Waals surface area contributed by atoms with Gasteiger partial charge in [-0.25, -0.2) is 13.1 Å². The van der Waals surface area contributed by atoms with Gasteiger partial charge in [-0.3, -0.25) is 10.1 Å². The number of sulfonamides is 1. The lowest BCUT2D eigenvalue weighted by Crippen LogP contribution is -2.32. The van der Waals surface area contributed by atoms with Gasteiger partial charge in [-0.05, 0) is 18.9 Å². The number of nitrogens with zero attached hydrogens (tertiary/aromatic N) is 1. The molecular weight excluding hydrogens is 308 g/mol. The van der Waals surface area contributed by atoms with Crippen molar-refractivity contribution < 1.29 is 18.4 Å². The molecule has 9 heteroatoms. The van der Waals surface area contributed by atoms with E-state index in [0.717, 1.165) is 25.0 Å². The van der Waals surface area contributed by atoms with Gasteiger partial charge in [-0.15, -0.1) is 0 Å². The molecule has 1 saturated carbocycles. The molecule has 2 N–H and O–H groups in total. The summed E-state index contributed by atoms with van der Waals surface area (Å²) in [6.07, 6.45) is 3.24. The molecule has 1 aliphatic rings. The highest BCUT2D eigenvalue weighted by Gasteiger charge is 2.31. The number of nitrogens with one attached hydrogen (secondary N) is 1. The smallest absolute Gasteiger partial charge is 0.312 e. The first-order valence-corrected chi connectivity index (χ1v) is 7.87. The van der Waals surface area contributed by atoms with Gasteiger partial charge in [0.25, 0.3) is 0 Å². The third-order valence-electron chi connectivity index (χ3n) is 3.20. The van der Waals surface area contributed by atoms with Crippen molar-refractivity contribution in [1.82, 2.24) is 4.72 Å². The van der Waals surface area contributed by atoms with E-state index in [-0.39, 0.29) is 11.1 Å². The fraction of sp³-hybridized carbons (Fsp3) is 0.455. The Bertz CT molecular complexity index is 640. The minimum Gasteiger partial charge on any atom is -0.501 e. The Morgan fingerprint density at radius 1 is 1.35 bits per heavy atom. The van der Waals surface area contributed by atoms with Crippen LogP contribution < -0.4 is 4.72 Å². The predicted molar refractivity (Wildman–Crippen MR) is 72.3 cm³/mol. The summed E-state index contributed by atoms with van der Waals surface area (Å²) >= 11 is 5.77. The minimum atomic E-state index is -4.10. The number of halogens is 1. The third kappa shape index (κ3) is 2.87. The van der Waals surface area contributed by atoms with E-state index in [4.69, 9.17) is 11.6 Å². The van der Waals surface area contributed by atoms with Crippen LogP contribution in [0.3, 0.4) is 0 Å². The fourth-order valence-corrected chi connectivity index (χ4v) is 4.19. The maximum absolute atomic E-state index is 12.2. The standard InChI is InChI=1S/C11H13ClN2O5S/c12-8-5-6-9(14(16)17)10(15)11(8)20(18,19)13-7-3-1-2-4-7/h5-7,13,15H,1-4H2. The number of benzene rings is 1. The normalized spacial score (nSPS) is 16.4. The average Bonchev–Trinajstić information content (AvgIpc) is 2.79. The molecule has 0 aliphatic heterocycles. The number of nitro benzene ring substituents is 1. The SMILES string of the molecule is O=[N+]([O-])c1ccc(Cl)c(S(=O)(=O)NC2CCCC2)c1O. The zero-order valence-corrected chi connectivity index (χ0v) is 11.9. The van der Waals surface area contributed by atoms with Gasteiger partial charge in [0.1, 0.15) is 4.90 Å². The molecule has 0 radical (unpaired) electrons. The lowest BCUT2D eigenvalue weighted by atomic mass is 10.3. The number of hydrogen-bond acceptors (Lipinski definition) is 5. The molecule has 0 bridgehead atoms. The summed E-state index contributed by atoms with van der Waals surface area (Å²) in [4.78, 5) is 9.24. The first-order chi connectivity index (χ1) is 9.33. The largest absolute Gasteiger partial charge is 0.501 e. The van der Waals surface area contributed by atoms with E-state index in [1.54, 1.807) is 0 Å². The monoisotopic (exact) mass is 320 g/mol. The van der Waals surface area contributed by atoms with Crippen LogP contribution in [-0.2, 0) is 10.0 Å². The van der Waals surface area contributed by atoms with Crippen molar-refractivity contribution in [2.45, 2.75) is 36.6 Å². The Morgan fingerprint density at radius 3 is 2.50 bits per heavy atom. The molecule has 1 fully saturated rings. The molecule has 0 heterocycles. The minimum absolute atomic E-state index is 0.227. The average molecular weight is 321 g/mol. The van der Waals surface area contributed by atoms with Crippen molar-refractivity contribution in [2.75, 3.05) is 0 Å². The summed E-state index contributed by atoms with van der Waals surface area (Å²) in [5, 5.41) is 20.3. The number of phenols is 1. The Balaban J connectivity index is 2.44. The molecule has 110 valence electrons. The van der Waals surface area contributed by atoms with Crippen LogP contribution in [0.2, 0.25) is 5.02 Å². The lowest BCUT2D eigenvalue weighted by molar-refractivity contribution is -0.386. The van der Waals surface area contributed by atoms with E-state index in [2.05, 4.69) is 4.72 Å². The van der Waals surface area contributed by atoms with Crippen molar-refractivity contribution in [2.24, 2.45) is 0 Å². The van der Waals surface area contributed by atoms with E-state index >= 15 is 0 Å². The summed E-state index contributed by atoms with van der Waals surface area (Å²) < 4.78 is 26.9. The highest BCUT2D eigenvalue weighted by Crippen LogP contribution is 2.38. The summed E-state index contributed by atoms with van der Waals surface area (Å²) in [5.74, 6) is -0.937. The van der Waals surface area contributed by atoms with E-state index in [0.29, 0.717) is 12.8 Å². The number of aromatic hydroxyl groups is 1. The molecule has 1 aliphatic carbocycles. The van der Waals surface area contributed by atoms with Gasteiger partial charge < -0.3 is 5.11 Å². The molecule has 1 aromatic rings. The van der Waals surface area contributed by atoms with Crippen molar-refractivity contribution in [3.05, 3.63) is 27.3 Å². The van der Waals surface area contributed by atoms with Crippen LogP contribution in [-0.4, -0.2) is 24.5 Å². The summed E-state index contributed by atoms with van der Waals surface area (Å²) in [5.41, 5.74) is -0.693. The number of nitro groups is 1. The van der Waals surface area contributed by atoms with Crippen LogP contribution >= 0.6 is 11.6 Å². The number of phenolic OH excluding ortho intramolecular Hbond substituents is 1. The van der Waals surface area contributed by atoms with E-state index in [1.165, 1.54) is 0 Å². The van der Waals surface area contributed by atoms with Crippen LogP contribution in [0.15, 0.2) is 17.0 Å². The van der Waals surface area contributed by atoms with Crippen LogP contribution in [0.25, 0.3) is 0 Å². The van der Waals surface area contributed by atoms with Crippen molar-refractivity contribution in [1.29, 1.82) is 0 Å². The summed E-state index contributed by atoms with van der Waals surface area (Å²) in [7, 11) is -4.10. The van der Waals surface area contributed by atoms with E-state index in [9.17, 15) is 23.6 Å². The lowest BCUT2D eigenvalue weighted by Gasteiger charge is -2.14. The maximum Gasteiger partial charge on any atom is 0.312 e. The van der Waals surface area contributed by atoms with Gasteiger partial charge in [-0.1, -0.05) is 24.4 Å². The molecule has 0 spiro atoms. The molecule has 1 aromatic carbocycles. The molecule has 0 amide bonds. The fourth-order valence-electron chi connectivity index (χ4n) is 2.26. The number of rotatable bonds is 4. The molecule has 20 heavy (non-hydrogen) atoms. The van der Waals surface area contributed by atoms with E-state index < -0.39 is 31.3 Å². The Labute approximate surface area is 120 Å². The second kappa shape index (κ2) is 5.55. The number of hydrogen-bond donors (Lipinski definition) is 2. The van der Waals surface area contributed by atoms with Crippen molar-refractivity contribution in [3.63, 3.8) is 0 Å². The van der Waals surface area contributed by atoms with E-state index in [1.807, 2.05) is 0 Å². The Hall–Kier alpha value is -1.38. The third-order valence-corrected chi connectivity index (χ3v) is 5.23. The van der Waals surface area contributed by atoms with Crippen LogP contribution in [0, 0.1) is 10.1 Å².